The summed E-state index contributed by atoms with van der Waals surface area (Å²) >= 11 is 0. The first-order valence-electron chi connectivity index (χ1n) is 5.46. The fraction of sp³-hybridized carbons (Fsp3) is 0.909. The molecule has 2 heteroatoms. The highest BCUT2D eigenvalue weighted by Gasteiger charge is 2.10. The molecule has 0 aromatic carbocycles. The molecular weight excluding hydrogens is 162 g/mol. The number of hydrogen-bond donors (Lipinski definition) is 1. The quantitative estimate of drug-likeness (QED) is 0.631. The fourth-order valence-electron chi connectivity index (χ4n) is 1.53. The minimum atomic E-state index is 0.338. The van der Waals surface area contributed by atoms with Crippen LogP contribution in [-0.4, -0.2) is 12.3 Å². The van der Waals surface area contributed by atoms with E-state index in [1.54, 1.807) is 0 Å². The van der Waals surface area contributed by atoms with Crippen LogP contribution in [-0.2, 0) is 4.79 Å². The van der Waals surface area contributed by atoms with E-state index in [0.717, 1.165) is 12.8 Å². The summed E-state index contributed by atoms with van der Waals surface area (Å²) in [6.07, 6.45) is 6.09. The average molecular weight is 185 g/mol. The maximum absolute atomic E-state index is 11.3. The molecule has 2 nitrogen and oxygen atoms in total. The molecule has 13 heavy (non-hydrogen) atoms. The van der Waals surface area contributed by atoms with Gasteiger partial charge in [0.05, 0.1) is 0 Å². The van der Waals surface area contributed by atoms with Crippen molar-refractivity contribution in [3.8, 4) is 0 Å². The average Bonchev–Trinajstić information content (AvgIpc) is 2.12. The van der Waals surface area contributed by atoms with Crippen molar-refractivity contribution in [3.05, 3.63) is 0 Å². The molecule has 0 bridgehead atoms. The van der Waals surface area contributed by atoms with Crippen molar-refractivity contribution >= 4 is 5.78 Å². The second-order valence-corrected chi connectivity index (χ2v) is 3.70. The molecular formula is C11H23NO. The third kappa shape index (κ3) is 6.76. The largest absolute Gasteiger partial charge is 0.330 e. The van der Waals surface area contributed by atoms with Crippen LogP contribution in [0.2, 0.25) is 0 Å². The first-order valence-corrected chi connectivity index (χ1v) is 5.46. The van der Waals surface area contributed by atoms with Gasteiger partial charge in [0.15, 0.2) is 0 Å². The van der Waals surface area contributed by atoms with Gasteiger partial charge in [0, 0.05) is 12.8 Å². The lowest BCUT2D eigenvalue weighted by Crippen LogP contribution is -2.12. The predicted octanol–water partition coefficient (Wildman–Crippen LogP) is 2.51. The number of nitrogens with two attached hydrogens (primary N) is 1. The van der Waals surface area contributed by atoms with Crippen molar-refractivity contribution in [3.63, 3.8) is 0 Å². The fourth-order valence-corrected chi connectivity index (χ4v) is 1.53. The molecule has 0 rings (SSSR count). The lowest BCUT2D eigenvalue weighted by Gasteiger charge is -2.12. The Morgan fingerprint density at radius 2 is 2.08 bits per heavy atom. The molecule has 2 N–H and O–H groups in total. The smallest absolute Gasteiger partial charge is 0.134 e. The van der Waals surface area contributed by atoms with Gasteiger partial charge in [0.2, 0.25) is 0 Å². The van der Waals surface area contributed by atoms with Crippen molar-refractivity contribution in [2.24, 2.45) is 11.7 Å². The van der Waals surface area contributed by atoms with E-state index in [0.29, 0.717) is 24.7 Å². The standard InChI is InChI=1S/C11H23NO/c1-3-5-6-10(4-2)9-11(13)7-8-12/h10H,3-9,12H2,1-2H3. The molecule has 0 fully saturated rings. The number of rotatable bonds is 8. The zero-order valence-electron chi connectivity index (χ0n) is 9.01. The SMILES string of the molecule is CCCCC(CC)CC(=O)CCN. The highest BCUT2D eigenvalue weighted by atomic mass is 16.1. The van der Waals surface area contributed by atoms with E-state index in [1.807, 2.05) is 0 Å². The van der Waals surface area contributed by atoms with Gasteiger partial charge in [0.1, 0.15) is 5.78 Å². The van der Waals surface area contributed by atoms with E-state index >= 15 is 0 Å². The predicted molar refractivity (Wildman–Crippen MR) is 56.6 cm³/mol. The maximum atomic E-state index is 11.3. The third-order valence-corrected chi connectivity index (χ3v) is 2.48. The Balaban J connectivity index is 3.62. The van der Waals surface area contributed by atoms with Crippen LogP contribution in [0.25, 0.3) is 0 Å². The Kier molecular flexibility index (Phi) is 8.00. The molecule has 0 aliphatic heterocycles. The molecule has 1 unspecified atom stereocenters. The molecule has 0 saturated carbocycles. The molecule has 1 atom stereocenters. The summed E-state index contributed by atoms with van der Waals surface area (Å²) < 4.78 is 0. The summed E-state index contributed by atoms with van der Waals surface area (Å²) in [5.41, 5.74) is 5.33. The summed E-state index contributed by atoms with van der Waals surface area (Å²) in [5, 5.41) is 0. The van der Waals surface area contributed by atoms with Crippen molar-refractivity contribution < 1.29 is 4.79 Å². The Bertz CT molecular complexity index is 134. The summed E-state index contributed by atoms with van der Waals surface area (Å²) in [6, 6.07) is 0. The van der Waals surface area contributed by atoms with E-state index in [9.17, 15) is 4.79 Å². The monoisotopic (exact) mass is 185 g/mol. The molecule has 0 aromatic heterocycles. The number of ketones is 1. The molecule has 0 spiro atoms. The molecule has 0 heterocycles. The summed E-state index contributed by atoms with van der Waals surface area (Å²) in [7, 11) is 0. The third-order valence-electron chi connectivity index (χ3n) is 2.48. The van der Waals surface area contributed by atoms with Gasteiger partial charge in [-0.25, -0.2) is 0 Å². The normalized spacial score (nSPS) is 12.8. The van der Waals surface area contributed by atoms with Crippen LogP contribution in [0.5, 0.6) is 0 Å². The Morgan fingerprint density at radius 3 is 2.54 bits per heavy atom. The van der Waals surface area contributed by atoms with Crippen LogP contribution in [0.15, 0.2) is 0 Å². The van der Waals surface area contributed by atoms with Crippen molar-refractivity contribution in [2.75, 3.05) is 6.54 Å². The highest BCUT2D eigenvalue weighted by molar-refractivity contribution is 5.78. The molecule has 78 valence electrons. The van der Waals surface area contributed by atoms with Crippen LogP contribution < -0.4 is 5.73 Å². The number of carbonyl (C=O) groups excluding carboxylic acids is 1. The Labute approximate surface area is 81.9 Å². The van der Waals surface area contributed by atoms with Crippen LogP contribution in [0, 0.1) is 5.92 Å². The van der Waals surface area contributed by atoms with Crippen molar-refractivity contribution in [1.82, 2.24) is 0 Å². The molecule has 0 saturated heterocycles. The van der Waals surface area contributed by atoms with E-state index < -0.39 is 0 Å². The zero-order valence-corrected chi connectivity index (χ0v) is 9.01. The first-order chi connectivity index (χ1) is 6.24. The van der Waals surface area contributed by atoms with Gasteiger partial charge < -0.3 is 5.73 Å². The number of carbonyl (C=O) groups is 1. The lowest BCUT2D eigenvalue weighted by molar-refractivity contribution is -0.119. The van der Waals surface area contributed by atoms with Gasteiger partial charge in [-0.15, -0.1) is 0 Å². The number of hydrogen-bond acceptors (Lipinski definition) is 2. The van der Waals surface area contributed by atoms with Crippen molar-refractivity contribution in [1.29, 1.82) is 0 Å². The van der Waals surface area contributed by atoms with Gasteiger partial charge in [0.25, 0.3) is 0 Å². The van der Waals surface area contributed by atoms with Gasteiger partial charge in [-0.1, -0.05) is 39.5 Å². The summed E-state index contributed by atoms with van der Waals surface area (Å²) in [4.78, 5) is 11.3. The van der Waals surface area contributed by atoms with E-state index in [-0.39, 0.29) is 0 Å². The van der Waals surface area contributed by atoms with Crippen LogP contribution in [0.3, 0.4) is 0 Å². The van der Waals surface area contributed by atoms with Gasteiger partial charge in [-0.2, -0.15) is 0 Å². The second kappa shape index (κ2) is 8.24. The topological polar surface area (TPSA) is 43.1 Å². The lowest BCUT2D eigenvalue weighted by atomic mass is 9.93. The van der Waals surface area contributed by atoms with E-state index in [2.05, 4.69) is 13.8 Å². The zero-order chi connectivity index (χ0) is 10.1. The number of unbranched alkanes of at least 4 members (excludes halogenated alkanes) is 1. The van der Waals surface area contributed by atoms with E-state index in [1.165, 1.54) is 19.3 Å². The van der Waals surface area contributed by atoms with Crippen LogP contribution in [0.4, 0.5) is 0 Å². The molecule has 0 aromatic rings. The molecule has 0 aliphatic carbocycles. The minimum absolute atomic E-state index is 0.338. The van der Waals surface area contributed by atoms with Gasteiger partial charge in [-0.05, 0) is 12.5 Å². The molecule has 0 aliphatic rings. The first kappa shape index (κ1) is 12.6. The highest BCUT2D eigenvalue weighted by Crippen LogP contribution is 2.17. The summed E-state index contributed by atoms with van der Waals surface area (Å²) in [5.74, 6) is 0.935. The Morgan fingerprint density at radius 1 is 1.38 bits per heavy atom. The second-order valence-electron chi connectivity index (χ2n) is 3.70. The summed E-state index contributed by atoms with van der Waals surface area (Å²) in [6.45, 7) is 4.85. The number of Topliss-reactive ketones (excluding diaryl/α,β-unsaturated/α-hetero) is 1. The minimum Gasteiger partial charge on any atom is -0.330 e. The molecule has 0 radical (unpaired) electrons. The Hall–Kier alpha value is -0.370. The van der Waals surface area contributed by atoms with Gasteiger partial charge in [-0.3, -0.25) is 4.79 Å². The maximum Gasteiger partial charge on any atom is 0.134 e. The van der Waals surface area contributed by atoms with Crippen LogP contribution >= 0.6 is 0 Å². The van der Waals surface area contributed by atoms with Crippen molar-refractivity contribution in [2.45, 2.75) is 52.4 Å². The molecule has 0 amide bonds. The van der Waals surface area contributed by atoms with Gasteiger partial charge >= 0.3 is 0 Å². The van der Waals surface area contributed by atoms with Crippen LogP contribution in [0.1, 0.15) is 52.4 Å². The van der Waals surface area contributed by atoms with E-state index in [4.69, 9.17) is 5.73 Å².